The van der Waals surface area contributed by atoms with E-state index in [0.717, 1.165) is 112 Å². The maximum absolute atomic E-state index is 13.6. The maximum Gasteiger partial charge on any atom is 0.325 e. The highest BCUT2D eigenvalue weighted by Gasteiger charge is 2.24. The van der Waals surface area contributed by atoms with Crippen molar-refractivity contribution >= 4 is 116 Å². The Balaban J connectivity index is 0.000000130. The zero-order chi connectivity index (χ0) is 92.2. The van der Waals surface area contributed by atoms with Crippen molar-refractivity contribution in [2.75, 3.05) is 147 Å². The minimum Gasteiger partial charge on any atom is -0.452 e. The quantitative estimate of drug-likeness (QED) is 0.0289. The van der Waals surface area contributed by atoms with Gasteiger partial charge in [0.25, 0.3) is 0 Å². The topological polar surface area (TPSA) is 352 Å². The van der Waals surface area contributed by atoms with Gasteiger partial charge in [-0.1, -0.05) is 138 Å². The number of fused-ring (bicyclic) bond motifs is 3. The largest absolute Gasteiger partial charge is 0.452 e. The molecule has 1 atom stereocenters. The number of ether oxygens (including phenoxy) is 8. The molecule has 19 rings (SSSR count). The molecule has 682 valence electrons. The third-order valence-corrected chi connectivity index (χ3v) is 21.3. The van der Waals surface area contributed by atoms with E-state index in [2.05, 4.69) is 165 Å². The first-order chi connectivity index (χ1) is 65.6. The Morgan fingerprint density at radius 1 is 0.373 bits per heavy atom. The highest BCUT2D eigenvalue weighted by molar-refractivity contribution is 6.31. The number of halogens is 2. The van der Waals surface area contributed by atoms with Gasteiger partial charge >= 0.3 is 24.0 Å². The molecule has 4 aliphatic rings. The fraction of sp³-hybridized carbons (Fsp3) is 0.242. The number of anilines is 8. The second-order valence-corrected chi connectivity index (χ2v) is 31.8. The lowest BCUT2D eigenvalue weighted by atomic mass is 10.1. The van der Waals surface area contributed by atoms with E-state index in [1.807, 2.05) is 179 Å². The number of aryl methyl sites for hydroxylation is 5. The number of hydrazone groups is 4. The molecule has 35 heteroatoms. The lowest BCUT2D eigenvalue weighted by molar-refractivity contribution is 0.122. The van der Waals surface area contributed by atoms with Crippen molar-refractivity contribution in [2.24, 2.45) is 20.4 Å². The molecular formula is C99H99ClFN25O8. The van der Waals surface area contributed by atoms with Crippen LogP contribution in [0.25, 0.3) is 32.7 Å². The average molecular weight is 1820 g/mol. The van der Waals surface area contributed by atoms with E-state index in [4.69, 9.17) is 49.5 Å². The van der Waals surface area contributed by atoms with Gasteiger partial charge in [0.15, 0.2) is 35.2 Å². The van der Waals surface area contributed by atoms with Gasteiger partial charge in [0.2, 0.25) is 0 Å². The van der Waals surface area contributed by atoms with Gasteiger partial charge in [-0.15, -0.1) is 0 Å². The molecule has 8 aromatic heterocycles. The van der Waals surface area contributed by atoms with Gasteiger partial charge in [0, 0.05) is 118 Å². The van der Waals surface area contributed by atoms with Crippen molar-refractivity contribution in [3.05, 3.63) is 298 Å². The Kier molecular flexibility index (Phi) is 31.4. The SMILES string of the molecule is CCC(Oc1nc(N/N=C/c2cccc(C)c2)cc(N2CCOCC2)n1)c1ncccn1.Cc1cccc(/C=N/Nc2cc(N3CCOCC3)nc(Oc3ccc4ncc(Cl)cc4c3)n2)c1.Cc1cccc(/C=N/Nc2cc(N3CCOCC3)nc(Oc3ccc4ncc(F)cc4c3)n2)c1.Cc1cccc(/C=N/Nc2cc(N3CCOCC3)nc(Oc3ccc4nccc(C)c4c3)n2)c1. The van der Waals surface area contributed by atoms with Crippen LogP contribution in [-0.2, 0) is 18.9 Å². The summed E-state index contributed by atoms with van der Waals surface area (Å²) in [6.07, 6.45) is 15.4. The highest BCUT2D eigenvalue weighted by Crippen LogP contribution is 2.34. The van der Waals surface area contributed by atoms with Gasteiger partial charge in [-0.3, -0.25) is 36.7 Å². The summed E-state index contributed by atoms with van der Waals surface area (Å²) in [5.74, 6) is 6.99. The van der Waals surface area contributed by atoms with Crippen LogP contribution < -0.4 is 60.3 Å². The summed E-state index contributed by atoms with van der Waals surface area (Å²) < 4.78 is 59.7. The van der Waals surface area contributed by atoms with Crippen LogP contribution in [0.15, 0.2) is 252 Å². The molecule has 0 amide bonds. The molecule has 0 saturated carbocycles. The molecule has 1 unspecified atom stereocenters. The molecule has 4 aliphatic heterocycles. The Hall–Kier alpha value is -15.5. The summed E-state index contributed by atoms with van der Waals surface area (Å²) in [6.45, 7) is 23.3. The molecule has 12 heterocycles. The van der Waals surface area contributed by atoms with E-state index < -0.39 is 5.82 Å². The van der Waals surface area contributed by atoms with Gasteiger partial charge in [-0.25, -0.2) is 14.4 Å². The van der Waals surface area contributed by atoms with Crippen LogP contribution in [0.4, 0.5) is 50.9 Å². The van der Waals surface area contributed by atoms with Crippen LogP contribution in [-0.4, -0.2) is 195 Å². The maximum atomic E-state index is 13.6. The zero-order valence-electron chi connectivity index (χ0n) is 74.8. The smallest absolute Gasteiger partial charge is 0.325 e. The van der Waals surface area contributed by atoms with E-state index in [-0.39, 0.29) is 30.1 Å². The average Bonchev–Trinajstić information content (AvgIpc) is 0.817. The number of pyridine rings is 3. The molecule has 4 saturated heterocycles. The number of hydrogen-bond donors (Lipinski definition) is 4. The van der Waals surface area contributed by atoms with E-state index in [1.54, 1.807) is 67.7 Å². The van der Waals surface area contributed by atoms with E-state index in [1.165, 1.54) is 29.0 Å². The van der Waals surface area contributed by atoms with Crippen LogP contribution >= 0.6 is 11.6 Å². The Bertz CT molecular complexity index is 6420. The van der Waals surface area contributed by atoms with Crippen molar-refractivity contribution in [3.63, 3.8) is 0 Å². The fourth-order valence-electron chi connectivity index (χ4n) is 14.4. The summed E-state index contributed by atoms with van der Waals surface area (Å²) in [4.78, 5) is 66.5. The van der Waals surface area contributed by atoms with Crippen LogP contribution in [0.5, 0.6) is 41.3 Å². The third kappa shape index (κ3) is 26.7. The van der Waals surface area contributed by atoms with Gasteiger partial charge in [0.1, 0.15) is 46.3 Å². The van der Waals surface area contributed by atoms with Crippen LogP contribution in [0.1, 0.15) is 75.3 Å². The lowest BCUT2D eigenvalue weighted by Gasteiger charge is -2.28. The Morgan fingerprint density at radius 3 is 1.12 bits per heavy atom. The molecule has 0 spiro atoms. The van der Waals surface area contributed by atoms with Gasteiger partial charge in [-0.05, 0) is 148 Å². The second kappa shape index (κ2) is 45.9. The molecule has 4 fully saturated rings. The summed E-state index contributed by atoms with van der Waals surface area (Å²) in [7, 11) is 0. The molecule has 33 nitrogen and oxygen atoms in total. The number of nitrogens with zero attached hydrogens (tertiary/aromatic N) is 21. The zero-order valence-corrected chi connectivity index (χ0v) is 75.5. The normalized spacial score (nSPS) is 14.2. The highest BCUT2D eigenvalue weighted by atomic mass is 35.5. The minimum absolute atomic E-state index is 0.154. The van der Waals surface area contributed by atoms with Gasteiger partial charge < -0.3 is 57.5 Å². The Morgan fingerprint density at radius 2 is 0.731 bits per heavy atom. The number of benzene rings is 7. The fourth-order valence-corrected chi connectivity index (χ4v) is 14.6. The molecule has 0 aliphatic carbocycles. The lowest BCUT2D eigenvalue weighted by Crippen LogP contribution is -2.36. The first-order valence-electron chi connectivity index (χ1n) is 43.8. The molecular weight excluding hydrogens is 1720 g/mol. The number of hydrogen-bond acceptors (Lipinski definition) is 33. The Labute approximate surface area is 778 Å². The van der Waals surface area contributed by atoms with Crippen molar-refractivity contribution < 1.29 is 42.3 Å². The predicted octanol–water partition coefficient (Wildman–Crippen LogP) is 17.7. The van der Waals surface area contributed by atoms with Crippen molar-refractivity contribution in [3.8, 4) is 41.3 Å². The van der Waals surface area contributed by atoms with Crippen LogP contribution in [0.2, 0.25) is 5.02 Å². The monoisotopic (exact) mass is 1820 g/mol. The first kappa shape index (κ1) is 91.8. The number of aromatic nitrogens is 13. The molecule has 4 N–H and O–H groups in total. The predicted molar refractivity (Wildman–Crippen MR) is 521 cm³/mol. The summed E-state index contributed by atoms with van der Waals surface area (Å²) in [5, 5.41) is 20.5. The molecule has 15 aromatic rings. The minimum atomic E-state index is -0.409. The summed E-state index contributed by atoms with van der Waals surface area (Å²) in [6, 6.07) is 64.2. The second-order valence-electron chi connectivity index (χ2n) is 31.4. The number of rotatable bonds is 26. The molecule has 134 heavy (non-hydrogen) atoms. The van der Waals surface area contributed by atoms with Gasteiger partial charge in [0.05, 0.1) is 105 Å². The third-order valence-electron chi connectivity index (χ3n) is 21.1. The number of nitrogens with one attached hydrogen (secondary N) is 4. The summed E-state index contributed by atoms with van der Waals surface area (Å²) >= 11 is 6.09. The van der Waals surface area contributed by atoms with Crippen molar-refractivity contribution in [2.45, 2.75) is 54.1 Å². The van der Waals surface area contributed by atoms with E-state index in [0.29, 0.717) is 140 Å². The molecule has 0 radical (unpaired) electrons. The number of morpholine rings is 4. The van der Waals surface area contributed by atoms with Crippen LogP contribution in [0.3, 0.4) is 0 Å². The van der Waals surface area contributed by atoms with Crippen molar-refractivity contribution in [1.82, 2.24) is 64.8 Å². The first-order valence-corrected chi connectivity index (χ1v) is 44.2. The van der Waals surface area contributed by atoms with Gasteiger partial charge in [-0.2, -0.15) is 60.3 Å². The molecule has 7 aromatic carbocycles. The summed E-state index contributed by atoms with van der Waals surface area (Å²) in [5.41, 5.74) is 24.2. The van der Waals surface area contributed by atoms with Crippen LogP contribution in [0, 0.1) is 40.4 Å². The molecule has 0 bridgehead atoms. The van der Waals surface area contributed by atoms with E-state index in [9.17, 15) is 4.39 Å². The standard InChI is InChI=1S/C26H26N6O2.C25H23ClN6O2.C25H23FN6O2.C23H27N7O2/c1-18-4-3-5-20(14-18)17-28-31-24-16-25(32-10-12-33-13-11-32)30-26(29-24)34-21-6-7-23-22(15-21)19(2)8-9-27-23;2*1-17-3-2-4-18(11-17)15-28-31-23-14-24(32-7-9-33-10-8-32)30-25(29-23)34-21-5-6-22-19(13-21)12-20(26)16-27-22;1-3-19(22-24-8-5-9-25-22)32-23-27-20(15-21(28-23)30-10-12-31-13-11-30)29-26-16-18-7-4-6-17(2)14-18/h3-9,14-17H,10-13H2,1-2H3,(H,29,30,31);2*2-6,11-16H,7-10H2,1H3,(H,29,30,31);4-9,14-16,19H,3,10-13H2,1-2H3,(H,27,28,29)/b28-17+;2*28-15+;26-16+. The van der Waals surface area contributed by atoms with E-state index >= 15 is 0 Å². The van der Waals surface area contributed by atoms with Crippen molar-refractivity contribution in [1.29, 1.82) is 0 Å².